The molecule has 6 aromatic rings. The smallest absolute Gasteiger partial charge is 0.408 e. The maximum atomic E-state index is 16.1. The van der Waals surface area contributed by atoms with Gasteiger partial charge in [0.15, 0.2) is 17.1 Å². The van der Waals surface area contributed by atoms with Crippen LogP contribution in [0.2, 0.25) is 0 Å². The molecule has 6 fully saturated rings. The average molecular weight is 2000 g/mol. The van der Waals surface area contributed by atoms with Crippen LogP contribution in [0.5, 0.6) is 34.5 Å². The van der Waals surface area contributed by atoms with Gasteiger partial charge in [0, 0.05) is 97.0 Å². The van der Waals surface area contributed by atoms with E-state index in [0.29, 0.717) is 127 Å². The van der Waals surface area contributed by atoms with Gasteiger partial charge in [-0.3, -0.25) is 14.4 Å². The third-order valence-electron chi connectivity index (χ3n) is 27.9. The number of aromatic nitrogens is 3. The molecule has 735 valence electrons. The zero-order valence-electron chi connectivity index (χ0n) is 79.6. The Morgan fingerprint density at radius 2 is 0.733 bits per heavy atom. The largest absolute Gasteiger partial charge is 0.540 e. The number of methoxy groups -OCH3 is 3. The number of alkyl halides is 6. The number of carbonyl (C=O) groups is 6. The number of hydrogen-bond donors (Lipinski definition) is 3. The van der Waals surface area contributed by atoms with Gasteiger partial charge in [-0.25, -0.2) is 48.2 Å². The van der Waals surface area contributed by atoms with Crippen LogP contribution < -0.4 is 44.4 Å². The minimum Gasteiger partial charge on any atom is -0.540 e. The number of amides is 6. The Hall–Kier alpha value is -8.75. The molecule has 15 rings (SSSR count). The average Bonchev–Trinajstić information content (AvgIpc) is 1.67. The fraction of sp³-hybridized carbons (Fsp3) is 0.636. The van der Waals surface area contributed by atoms with Gasteiger partial charge in [-0.2, -0.15) is 26.3 Å². The molecule has 3 aromatic carbocycles. The first-order chi connectivity index (χ1) is 62.4. The number of carbonyl (C=O) groups excluding carboxylic acids is 9. The van der Waals surface area contributed by atoms with Crippen molar-refractivity contribution in [3.63, 3.8) is 0 Å². The topological polar surface area (TPSA) is 321 Å². The maximum absolute atomic E-state index is 16.1. The van der Waals surface area contributed by atoms with Gasteiger partial charge in [0.25, 0.3) is 17.8 Å². The zero-order chi connectivity index (χ0) is 95.6. The molecule has 6 amide bonds. The van der Waals surface area contributed by atoms with Crippen molar-refractivity contribution >= 4 is 87.6 Å². The molecule has 6 bridgehead atoms. The Kier molecular flexibility index (Phi) is 35.4. The Bertz CT molecular complexity index is 5240. The molecule has 3 aliphatic carbocycles. The second-order valence-corrected chi connectivity index (χ2v) is 40.4. The first-order valence-corrected chi connectivity index (χ1v) is 46.5. The quantitative estimate of drug-likeness (QED) is 0.0688. The summed E-state index contributed by atoms with van der Waals surface area (Å²) in [4.78, 5) is 135. The van der Waals surface area contributed by atoms with E-state index in [2.05, 4.69) is 30.9 Å². The number of pyridine rings is 3. The van der Waals surface area contributed by atoms with E-state index < -0.39 is 184 Å². The minimum atomic E-state index is -3.30. The molecule has 18 atom stereocenters. The number of nitrogens with one attached hydrogen (secondary N) is 3. The molecular weight excluding hydrogens is 1870 g/mol. The summed E-state index contributed by atoms with van der Waals surface area (Å²) < 4.78 is 148. The second kappa shape index (κ2) is 44.2. The first-order valence-electron chi connectivity index (χ1n) is 46.5. The molecule has 6 aliphatic heterocycles. The number of ether oxygens (including phenoxy) is 9. The van der Waals surface area contributed by atoms with Crippen molar-refractivity contribution in [1.82, 2.24) is 45.6 Å². The van der Waals surface area contributed by atoms with E-state index in [1.807, 2.05) is 109 Å². The normalized spacial score (nSPS) is 29.4. The van der Waals surface area contributed by atoms with Crippen molar-refractivity contribution in [2.45, 2.75) is 309 Å². The summed E-state index contributed by atoms with van der Waals surface area (Å²) in [6, 6.07) is 13.6. The SMILES string of the molecule is CC[C@@H]1[C@@H]2CN(C(=O)[C@H](C(C)(C)C)NC(=O)O[C@@H]3CCC[C@H]3CCCCC(F)(F)c3nc4ccc(OC)cc4cc3O2)[C@@H]1[C-]=O.CC[C@@H]1[C@@H]2CN(C(=O)[C@H](C(C)(C)C)NC(=O)O[C@@H]3C[C@H]3CCCCC(F)(F)c3nc4ccc(OC)cc4cc3O2)[C@@H]1[C-]=O.CC[C@@H]1[C@@H]2CN(C(=O)[C@H](C(C)(C)C)NC(=O)O[C@]3(C)C[C@H]3CCCCC(F)(F)c3nc4ccc(OC)cc4cc3O2)[C@@H]1[C-]=O.[V].[V].[V]. The number of alkyl carbamates (subject to hydrolysis) is 3. The number of rotatable bonds is 9. The molecule has 3 N–H and O–H groups in total. The van der Waals surface area contributed by atoms with Gasteiger partial charge in [-0.05, 0) is 196 Å². The molecule has 0 unspecified atom stereocenters. The van der Waals surface area contributed by atoms with E-state index in [9.17, 15) is 43.2 Å². The summed E-state index contributed by atoms with van der Waals surface area (Å²) in [7, 11) is 4.55. The molecule has 9 heterocycles. The maximum Gasteiger partial charge on any atom is 0.408 e. The van der Waals surface area contributed by atoms with Gasteiger partial charge in [-0.15, -0.1) is 0 Å². The molecule has 3 aromatic heterocycles. The predicted molar refractivity (Wildman–Crippen MR) is 478 cm³/mol. The fourth-order valence-corrected chi connectivity index (χ4v) is 20.0. The Labute approximate surface area is 821 Å². The summed E-state index contributed by atoms with van der Waals surface area (Å²) in [5, 5.41) is 9.98. The zero-order valence-corrected chi connectivity index (χ0v) is 83.8. The molecule has 135 heavy (non-hydrogen) atoms. The number of benzene rings is 3. The molecule has 27 nitrogen and oxygen atoms in total. The van der Waals surface area contributed by atoms with Crippen molar-refractivity contribution in [3.8, 4) is 34.5 Å². The minimum absolute atomic E-state index is 0. The van der Waals surface area contributed by atoms with Crippen molar-refractivity contribution in [2.24, 2.45) is 51.8 Å². The van der Waals surface area contributed by atoms with Gasteiger partial charge >= 0.3 is 18.3 Å². The van der Waals surface area contributed by atoms with E-state index in [-0.39, 0.29) is 142 Å². The number of nitrogens with zero attached hydrogens (tertiary/aromatic N) is 6. The molecular formula is C99H126F6N9O18V3-3. The van der Waals surface area contributed by atoms with Crippen molar-refractivity contribution < 1.29 is 168 Å². The number of halogens is 6. The molecule has 9 aliphatic rings. The third kappa shape index (κ3) is 24.6. The van der Waals surface area contributed by atoms with Gasteiger partial charge in [-0.1, -0.05) is 140 Å². The molecule has 36 heteroatoms. The predicted octanol–water partition coefficient (Wildman–Crippen LogP) is 17.8. The van der Waals surface area contributed by atoms with Gasteiger partial charge in [0.1, 0.15) is 88.7 Å². The van der Waals surface area contributed by atoms with Crippen LogP contribution in [0.4, 0.5) is 40.7 Å². The van der Waals surface area contributed by atoms with E-state index in [1.165, 1.54) is 48.2 Å². The van der Waals surface area contributed by atoms with Crippen LogP contribution in [-0.2, 0) is 116 Å². The first kappa shape index (κ1) is 108. The standard InChI is InChI=1S/C34H44F2N3O6.C33H42F2N3O6.C32H40F2N3O6.3V/c1-6-23-25(19-40)39-18-28(23)44-27-17-21-16-22(43-5)13-14-24(21)37-29(27)34(35,36)15-8-7-10-20-11-9-12-26(20)45-32(42)38-30(31(39)41)33(2,3)4;1-7-22-24(18-39)38-17-26(22)43-25-15-19-14-21(42-6)11-12-23(19)36-27(25)33(34,35)13-9-8-10-20-16-32(20,5)44-30(41)37-28(29(38)40)31(2,3)4;1-6-21-23(17-38)37-16-26(21)42-25-15-19-13-20(41-5)10-11-22(19)35-27(25)32(33,34)12-8-7-9-18-14-24(18)43-30(40)36-28(29(37)39)31(2,3)4;;;/h13-14,16-17,20,23,25-26,28,30H,6-12,15,18H2,1-5H3,(H,38,42);11-12,14-15,20,22,24,26,28H,7-10,13,16-17H2,1-6H3,(H,37,41);10-11,13,15,18,21,23-24,26,28H,6-9,12,14,16H2,1-5H3,(H,36,40);;;/q3*-1;;;/t20-,23+,25-,26-,28+,30-;20-,22+,24-,26+,28-,32-;18-,21+,23-,24-,26+,28-;;;/m111.../s1. The molecule has 0 spiro atoms. The van der Waals surface area contributed by atoms with Gasteiger partial charge in [0.05, 0.1) is 57.5 Å². The van der Waals surface area contributed by atoms with Crippen LogP contribution in [-0.4, -0.2) is 198 Å². The Balaban J connectivity index is 0.000000207. The van der Waals surface area contributed by atoms with Crippen molar-refractivity contribution in [1.29, 1.82) is 0 Å². The van der Waals surface area contributed by atoms with Gasteiger partial charge < -0.3 is 87.7 Å². The van der Waals surface area contributed by atoms with E-state index in [0.717, 1.165) is 12.8 Å². The summed E-state index contributed by atoms with van der Waals surface area (Å²) >= 11 is 0. The van der Waals surface area contributed by atoms with Crippen LogP contribution in [0.1, 0.15) is 236 Å². The van der Waals surface area contributed by atoms with E-state index in [4.69, 9.17) is 42.6 Å². The Morgan fingerprint density at radius 1 is 0.415 bits per heavy atom. The van der Waals surface area contributed by atoms with E-state index in [1.54, 1.807) is 60.7 Å². The second-order valence-electron chi connectivity index (χ2n) is 40.4. The monoisotopic (exact) mass is 2000 g/mol. The summed E-state index contributed by atoms with van der Waals surface area (Å²) in [6.07, 6.45) is 8.73. The third-order valence-corrected chi connectivity index (χ3v) is 27.9. The number of fused-ring (bicyclic) bond motifs is 15. The molecule has 3 radical (unpaired) electrons. The fourth-order valence-electron chi connectivity index (χ4n) is 20.0. The van der Waals surface area contributed by atoms with E-state index >= 15 is 26.3 Å². The number of hydrogen-bond acceptors (Lipinski definition) is 21. The van der Waals surface area contributed by atoms with Crippen LogP contribution in [0.15, 0.2) is 72.8 Å². The van der Waals surface area contributed by atoms with Gasteiger partial charge in [0.2, 0.25) is 17.7 Å². The van der Waals surface area contributed by atoms with Crippen LogP contribution >= 0.6 is 0 Å². The van der Waals surface area contributed by atoms with Crippen LogP contribution in [0.3, 0.4) is 0 Å². The van der Waals surface area contributed by atoms with Crippen molar-refractivity contribution in [3.05, 3.63) is 89.9 Å². The summed E-state index contributed by atoms with van der Waals surface area (Å²) in [5.41, 5.74) is -3.17. The van der Waals surface area contributed by atoms with Crippen LogP contribution in [0, 0.1) is 51.8 Å². The summed E-state index contributed by atoms with van der Waals surface area (Å²) in [5.74, 6) is -11.4. The Morgan fingerprint density at radius 3 is 1.06 bits per heavy atom. The van der Waals surface area contributed by atoms with Crippen molar-refractivity contribution in [2.75, 3.05) is 41.0 Å². The summed E-state index contributed by atoms with van der Waals surface area (Å²) in [6.45, 7) is 23.6. The van der Waals surface area contributed by atoms with Crippen LogP contribution in [0.25, 0.3) is 32.7 Å². The molecule has 3 saturated carbocycles. The molecule has 3 saturated heterocycles.